The van der Waals surface area contributed by atoms with Gasteiger partial charge in [-0.1, -0.05) is 23.7 Å². The van der Waals surface area contributed by atoms with Crippen LogP contribution < -0.4 is 24.8 Å². The molecule has 0 spiro atoms. The lowest BCUT2D eigenvalue weighted by atomic mass is 10.1. The van der Waals surface area contributed by atoms with Crippen molar-refractivity contribution in [1.82, 2.24) is 4.98 Å². The Morgan fingerprint density at radius 3 is 2.34 bits per heavy atom. The van der Waals surface area contributed by atoms with Gasteiger partial charge >= 0.3 is 0 Å². The number of nitrogens with zero attached hydrogens (tertiary/aromatic N) is 1. The molecule has 0 saturated carbocycles. The molecular formula is C27H23ClFN3O6. The third-order valence-corrected chi connectivity index (χ3v) is 5.77. The number of hydrogen-bond donors (Lipinski definition) is 2. The highest BCUT2D eigenvalue weighted by molar-refractivity contribution is 6.33. The average molecular weight is 540 g/mol. The highest BCUT2D eigenvalue weighted by Crippen LogP contribution is 2.40. The number of amides is 2. The molecule has 2 N–H and O–H groups in total. The van der Waals surface area contributed by atoms with Gasteiger partial charge in [0, 0.05) is 29.1 Å². The number of carbonyl (C=O) groups is 2. The molecule has 4 rings (SSSR count). The molecule has 4 aromatic rings. The lowest BCUT2D eigenvalue weighted by molar-refractivity contribution is -0.115. The van der Waals surface area contributed by atoms with Crippen molar-refractivity contribution in [3.8, 4) is 28.6 Å². The number of benzene rings is 3. The average Bonchev–Trinajstić information content (AvgIpc) is 3.38. The van der Waals surface area contributed by atoms with Crippen molar-refractivity contribution in [2.24, 2.45) is 0 Å². The summed E-state index contributed by atoms with van der Waals surface area (Å²) in [4.78, 5) is 29.7. The van der Waals surface area contributed by atoms with E-state index in [1.165, 1.54) is 33.5 Å². The van der Waals surface area contributed by atoms with Crippen LogP contribution in [0.2, 0.25) is 5.02 Å². The summed E-state index contributed by atoms with van der Waals surface area (Å²) in [6, 6.07) is 13.8. The zero-order chi connectivity index (χ0) is 27.2. The van der Waals surface area contributed by atoms with Crippen molar-refractivity contribution in [3.05, 3.63) is 83.1 Å². The van der Waals surface area contributed by atoms with Crippen LogP contribution >= 0.6 is 11.6 Å². The number of nitrogens with one attached hydrogen (secondary N) is 2. The topological polar surface area (TPSA) is 112 Å². The summed E-state index contributed by atoms with van der Waals surface area (Å²) < 4.78 is 34.7. The summed E-state index contributed by atoms with van der Waals surface area (Å²) in [6.45, 7) is 0. The van der Waals surface area contributed by atoms with E-state index in [0.717, 1.165) is 12.5 Å². The summed E-state index contributed by atoms with van der Waals surface area (Å²) in [6.07, 6.45) is 1.13. The van der Waals surface area contributed by atoms with Gasteiger partial charge < -0.3 is 29.3 Å². The fraction of sp³-hybridized carbons (Fsp3) is 0.148. The first-order valence-electron chi connectivity index (χ1n) is 11.2. The molecule has 0 atom stereocenters. The third kappa shape index (κ3) is 5.87. The number of oxazole rings is 1. The van der Waals surface area contributed by atoms with Gasteiger partial charge in [0.2, 0.25) is 11.7 Å². The molecule has 0 unspecified atom stereocenters. The molecule has 38 heavy (non-hydrogen) atoms. The predicted molar refractivity (Wildman–Crippen MR) is 140 cm³/mol. The van der Waals surface area contributed by atoms with E-state index in [9.17, 15) is 14.0 Å². The van der Waals surface area contributed by atoms with Crippen LogP contribution in [0, 0.1) is 5.82 Å². The van der Waals surface area contributed by atoms with Crippen LogP contribution in [-0.4, -0.2) is 38.1 Å². The second-order valence-electron chi connectivity index (χ2n) is 7.95. The Hall–Kier alpha value is -4.57. The number of hydrogen-bond acceptors (Lipinski definition) is 7. The van der Waals surface area contributed by atoms with Gasteiger partial charge in [-0.2, -0.15) is 0 Å². The number of rotatable bonds is 9. The van der Waals surface area contributed by atoms with Gasteiger partial charge in [-0.25, -0.2) is 9.37 Å². The first-order valence-corrected chi connectivity index (χ1v) is 11.6. The quantitative estimate of drug-likeness (QED) is 0.285. The Morgan fingerprint density at radius 2 is 1.68 bits per heavy atom. The second kappa shape index (κ2) is 11.7. The summed E-state index contributed by atoms with van der Waals surface area (Å²) in [5.74, 6) is -0.0557. The maximum atomic E-state index is 13.4. The fourth-order valence-corrected chi connectivity index (χ4v) is 4.02. The molecule has 1 aromatic heterocycles. The van der Waals surface area contributed by atoms with Gasteiger partial charge in [0.05, 0.1) is 32.8 Å². The molecule has 3 aromatic carbocycles. The molecule has 0 aliphatic carbocycles. The standard InChI is InChI=1S/C27H23ClFN3O6/c1-35-21-12-18(13-22(36-2)26(21)37-3)31-23(33)10-15-5-4-6-17(9-15)32-27(34)24-25(38-14-30-24)19-8-7-16(29)11-20(19)28/h4-9,11-14H,10H2,1-3H3,(H,31,33)(H,32,34). The minimum atomic E-state index is -0.562. The third-order valence-electron chi connectivity index (χ3n) is 5.46. The number of aromatic nitrogens is 1. The van der Waals surface area contributed by atoms with Gasteiger partial charge in [0.25, 0.3) is 5.91 Å². The van der Waals surface area contributed by atoms with E-state index < -0.39 is 11.7 Å². The van der Waals surface area contributed by atoms with E-state index in [2.05, 4.69) is 15.6 Å². The summed E-state index contributed by atoms with van der Waals surface area (Å²) in [7, 11) is 4.46. The molecule has 11 heteroatoms. The monoisotopic (exact) mass is 539 g/mol. The number of ether oxygens (including phenoxy) is 3. The molecule has 2 amide bonds. The van der Waals surface area contributed by atoms with Crippen molar-refractivity contribution in [2.45, 2.75) is 6.42 Å². The Labute approximate surface area is 222 Å². The number of carbonyl (C=O) groups excluding carboxylic acids is 2. The largest absolute Gasteiger partial charge is 0.493 e. The zero-order valence-corrected chi connectivity index (χ0v) is 21.4. The van der Waals surface area contributed by atoms with Crippen LogP contribution in [0.3, 0.4) is 0 Å². The van der Waals surface area contributed by atoms with E-state index >= 15 is 0 Å². The van der Waals surface area contributed by atoms with E-state index in [0.29, 0.717) is 39.8 Å². The van der Waals surface area contributed by atoms with Gasteiger partial charge in [-0.3, -0.25) is 9.59 Å². The molecule has 0 fully saturated rings. The molecule has 0 aliphatic heterocycles. The first-order chi connectivity index (χ1) is 18.3. The Morgan fingerprint density at radius 1 is 0.947 bits per heavy atom. The van der Waals surface area contributed by atoms with Crippen molar-refractivity contribution >= 4 is 34.8 Å². The minimum absolute atomic E-state index is 0.0240. The van der Waals surface area contributed by atoms with Crippen LogP contribution in [0.4, 0.5) is 15.8 Å². The van der Waals surface area contributed by atoms with Crippen LogP contribution in [-0.2, 0) is 11.2 Å². The Balaban J connectivity index is 1.46. The van der Waals surface area contributed by atoms with E-state index in [-0.39, 0.29) is 28.8 Å². The SMILES string of the molecule is COc1cc(NC(=O)Cc2cccc(NC(=O)c3ncoc3-c3ccc(F)cc3Cl)c2)cc(OC)c1OC. The molecular weight excluding hydrogens is 517 g/mol. The van der Waals surface area contributed by atoms with Crippen molar-refractivity contribution < 1.29 is 32.6 Å². The molecule has 196 valence electrons. The maximum Gasteiger partial charge on any atom is 0.278 e. The normalized spacial score (nSPS) is 10.6. The zero-order valence-electron chi connectivity index (χ0n) is 20.6. The van der Waals surface area contributed by atoms with Gasteiger partial charge in [-0.15, -0.1) is 0 Å². The van der Waals surface area contributed by atoms with E-state index in [4.69, 9.17) is 30.2 Å². The molecule has 0 aliphatic rings. The van der Waals surface area contributed by atoms with Crippen molar-refractivity contribution in [1.29, 1.82) is 0 Å². The molecule has 0 radical (unpaired) electrons. The van der Waals surface area contributed by atoms with Crippen molar-refractivity contribution in [2.75, 3.05) is 32.0 Å². The molecule has 9 nitrogen and oxygen atoms in total. The summed E-state index contributed by atoms with van der Waals surface area (Å²) in [5, 5.41) is 5.62. The van der Waals surface area contributed by atoms with Crippen LogP contribution in [0.15, 0.2) is 65.4 Å². The molecule has 0 bridgehead atoms. The molecule has 1 heterocycles. The second-order valence-corrected chi connectivity index (χ2v) is 8.35. The lowest BCUT2D eigenvalue weighted by Crippen LogP contribution is -2.16. The summed E-state index contributed by atoms with van der Waals surface area (Å²) in [5.41, 5.74) is 1.85. The Kier molecular flexibility index (Phi) is 8.12. The van der Waals surface area contributed by atoms with E-state index in [1.54, 1.807) is 36.4 Å². The fourth-order valence-electron chi connectivity index (χ4n) is 3.77. The van der Waals surface area contributed by atoms with Gasteiger partial charge in [-0.05, 0) is 35.9 Å². The van der Waals surface area contributed by atoms with Crippen LogP contribution in [0.5, 0.6) is 17.2 Å². The maximum absolute atomic E-state index is 13.4. The van der Waals surface area contributed by atoms with Crippen molar-refractivity contribution in [3.63, 3.8) is 0 Å². The smallest absolute Gasteiger partial charge is 0.278 e. The predicted octanol–water partition coefficient (Wildman–Crippen LogP) is 5.59. The van der Waals surface area contributed by atoms with Gasteiger partial charge in [0.15, 0.2) is 29.3 Å². The first kappa shape index (κ1) is 26.5. The van der Waals surface area contributed by atoms with E-state index in [1.807, 2.05) is 0 Å². The number of halogens is 2. The van der Waals surface area contributed by atoms with Gasteiger partial charge in [0.1, 0.15) is 5.82 Å². The summed E-state index contributed by atoms with van der Waals surface area (Å²) >= 11 is 6.12. The highest BCUT2D eigenvalue weighted by atomic mass is 35.5. The number of methoxy groups -OCH3 is 3. The number of anilines is 2. The lowest BCUT2D eigenvalue weighted by Gasteiger charge is -2.14. The highest BCUT2D eigenvalue weighted by Gasteiger charge is 2.21. The molecule has 0 saturated heterocycles. The Bertz CT molecular complexity index is 1460. The van der Waals surface area contributed by atoms with Crippen LogP contribution in [0.1, 0.15) is 16.1 Å². The minimum Gasteiger partial charge on any atom is -0.493 e. The van der Waals surface area contributed by atoms with Crippen LogP contribution in [0.25, 0.3) is 11.3 Å².